The smallest absolute Gasteiger partial charge is 0.404 e. The van der Waals surface area contributed by atoms with E-state index in [2.05, 4.69) is 10.3 Å². The van der Waals surface area contributed by atoms with Crippen LogP contribution in [0.25, 0.3) is 0 Å². The molecule has 5 heteroatoms. The van der Waals surface area contributed by atoms with E-state index in [1.54, 1.807) is 6.20 Å². The first kappa shape index (κ1) is 10.0. The van der Waals surface area contributed by atoms with Gasteiger partial charge in [0.1, 0.15) is 5.76 Å². The highest BCUT2D eigenvalue weighted by Crippen LogP contribution is 2.33. The predicted octanol–water partition coefficient (Wildman–Crippen LogP) is 1.89. The zero-order valence-corrected chi connectivity index (χ0v) is 8.56. The highest BCUT2D eigenvalue weighted by Gasteiger charge is 2.29. The number of nitrogens with zero attached hydrogens (tertiary/aromatic N) is 1. The lowest BCUT2D eigenvalue weighted by Crippen LogP contribution is -2.31. The SMILES string of the molecule is Cc1cnc(C2CCC(NC(=O)O)C2)o1. The third-order valence-electron chi connectivity index (χ3n) is 2.75. The summed E-state index contributed by atoms with van der Waals surface area (Å²) in [5.74, 6) is 1.80. The molecule has 1 aliphatic rings. The average Bonchev–Trinajstić information content (AvgIpc) is 2.72. The molecule has 0 saturated heterocycles. The van der Waals surface area contributed by atoms with Crippen LogP contribution in [0.15, 0.2) is 10.6 Å². The number of carboxylic acid groups (broad SMARTS) is 1. The van der Waals surface area contributed by atoms with Crippen LogP contribution in [0.4, 0.5) is 4.79 Å². The minimum Gasteiger partial charge on any atom is -0.465 e. The summed E-state index contributed by atoms with van der Waals surface area (Å²) in [6, 6.07) is 0.0414. The molecule has 5 nitrogen and oxygen atoms in total. The van der Waals surface area contributed by atoms with Crippen LogP contribution in [0.2, 0.25) is 0 Å². The van der Waals surface area contributed by atoms with Gasteiger partial charge in [0.2, 0.25) is 0 Å². The molecule has 15 heavy (non-hydrogen) atoms. The highest BCUT2D eigenvalue weighted by molar-refractivity contribution is 5.64. The van der Waals surface area contributed by atoms with E-state index in [1.807, 2.05) is 6.92 Å². The lowest BCUT2D eigenvalue weighted by Gasteiger charge is -2.08. The number of aromatic nitrogens is 1. The van der Waals surface area contributed by atoms with Crippen molar-refractivity contribution in [3.05, 3.63) is 17.8 Å². The zero-order valence-electron chi connectivity index (χ0n) is 8.56. The van der Waals surface area contributed by atoms with Crippen molar-refractivity contribution in [3.63, 3.8) is 0 Å². The van der Waals surface area contributed by atoms with Gasteiger partial charge in [-0.3, -0.25) is 0 Å². The molecule has 1 fully saturated rings. The van der Waals surface area contributed by atoms with Crippen molar-refractivity contribution in [2.45, 2.75) is 38.1 Å². The maximum Gasteiger partial charge on any atom is 0.404 e. The topological polar surface area (TPSA) is 75.4 Å². The standard InChI is InChI=1S/C10H14N2O3/c1-6-5-11-9(15-6)7-2-3-8(4-7)12-10(13)14/h5,7-8,12H,2-4H2,1H3,(H,13,14). The fourth-order valence-corrected chi connectivity index (χ4v) is 2.07. The highest BCUT2D eigenvalue weighted by atomic mass is 16.4. The molecular weight excluding hydrogens is 196 g/mol. The van der Waals surface area contributed by atoms with Crippen LogP contribution in [0.5, 0.6) is 0 Å². The Hall–Kier alpha value is -1.52. The summed E-state index contributed by atoms with van der Waals surface area (Å²) < 4.78 is 5.43. The summed E-state index contributed by atoms with van der Waals surface area (Å²) in [4.78, 5) is 14.6. The van der Waals surface area contributed by atoms with E-state index in [-0.39, 0.29) is 12.0 Å². The molecule has 0 aliphatic heterocycles. The van der Waals surface area contributed by atoms with E-state index in [4.69, 9.17) is 9.52 Å². The van der Waals surface area contributed by atoms with Gasteiger partial charge in [0, 0.05) is 12.0 Å². The van der Waals surface area contributed by atoms with Gasteiger partial charge in [0.15, 0.2) is 5.89 Å². The molecule has 1 saturated carbocycles. The summed E-state index contributed by atoms with van der Waals surface area (Å²) >= 11 is 0. The number of amides is 1. The molecule has 1 amide bonds. The Morgan fingerprint density at radius 2 is 2.47 bits per heavy atom. The van der Waals surface area contributed by atoms with Gasteiger partial charge in [0.05, 0.1) is 6.20 Å². The third-order valence-corrected chi connectivity index (χ3v) is 2.75. The summed E-state index contributed by atoms with van der Waals surface area (Å²) in [5, 5.41) is 11.1. The predicted molar refractivity (Wildman–Crippen MR) is 52.8 cm³/mol. The van der Waals surface area contributed by atoms with Crippen LogP contribution in [0.1, 0.15) is 36.8 Å². The molecular formula is C10H14N2O3. The molecule has 1 aromatic rings. The van der Waals surface area contributed by atoms with Crippen LogP contribution >= 0.6 is 0 Å². The van der Waals surface area contributed by atoms with Crippen LogP contribution < -0.4 is 5.32 Å². The van der Waals surface area contributed by atoms with Gasteiger partial charge in [-0.25, -0.2) is 9.78 Å². The van der Waals surface area contributed by atoms with E-state index in [1.165, 1.54) is 0 Å². The lowest BCUT2D eigenvalue weighted by atomic mass is 10.1. The second-order valence-corrected chi connectivity index (χ2v) is 3.97. The summed E-state index contributed by atoms with van der Waals surface area (Å²) in [7, 11) is 0. The van der Waals surface area contributed by atoms with Gasteiger partial charge in [-0.05, 0) is 26.2 Å². The van der Waals surface area contributed by atoms with Crippen molar-refractivity contribution >= 4 is 6.09 Å². The van der Waals surface area contributed by atoms with E-state index < -0.39 is 6.09 Å². The number of hydrogen-bond donors (Lipinski definition) is 2. The van der Waals surface area contributed by atoms with Crippen LogP contribution in [-0.4, -0.2) is 22.2 Å². The normalized spacial score (nSPS) is 25.4. The number of aryl methyl sites for hydroxylation is 1. The maximum atomic E-state index is 10.5. The largest absolute Gasteiger partial charge is 0.465 e. The Kier molecular flexibility index (Phi) is 2.62. The first-order valence-electron chi connectivity index (χ1n) is 5.07. The van der Waals surface area contributed by atoms with E-state index >= 15 is 0 Å². The molecule has 2 rings (SSSR count). The third kappa shape index (κ3) is 2.29. The fraction of sp³-hybridized carbons (Fsp3) is 0.600. The van der Waals surface area contributed by atoms with Crippen molar-refractivity contribution in [3.8, 4) is 0 Å². The molecule has 1 heterocycles. The summed E-state index contributed by atoms with van der Waals surface area (Å²) in [5.41, 5.74) is 0. The van der Waals surface area contributed by atoms with E-state index in [0.717, 1.165) is 30.9 Å². The molecule has 2 unspecified atom stereocenters. The molecule has 82 valence electrons. The molecule has 1 aliphatic carbocycles. The molecule has 0 spiro atoms. The average molecular weight is 210 g/mol. The van der Waals surface area contributed by atoms with Gasteiger partial charge < -0.3 is 14.8 Å². The molecule has 0 aromatic carbocycles. The van der Waals surface area contributed by atoms with Gasteiger partial charge in [0.25, 0.3) is 0 Å². The first-order chi connectivity index (χ1) is 7.15. The van der Waals surface area contributed by atoms with Crippen LogP contribution in [0.3, 0.4) is 0 Å². The molecule has 0 bridgehead atoms. The molecule has 1 aromatic heterocycles. The molecule has 2 N–H and O–H groups in total. The minimum absolute atomic E-state index is 0.0414. The Morgan fingerprint density at radius 3 is 3.07 bits per heavy atom. The monoisotopic (exact) mass is 210 g/mol. The van der Waals surface area contributed by atoms with Gasteiger partial charge in [-0.15, -0.1) is 0 Å². The number of hydrogen-bond acceptors (Lipinski definition) is 3. The quantitative estimate of drug-likeness (QED) is 0.781. The summed E-state index contributed by atoms with van der Waals surface area (Å²) in [6.07, 6.45) is 3.33. The van der Waals surface area contributed by atoms with Crippen molar-refractivity contribution in [2.24, 2.45) is 0 Å². The van der Waals surface area contributed by atoms with Crippen LogP contribution in [0, 0.1) is 6.92 Å². The van der Waals surface area contributed by atoms with Crippen molar-refractivity contribution in [1.82, 2.24) is 10.3 Å². The Labute approximate surface area is 87.5 Å². The number of oxazole rings is 1. The molecule has 2 atom stereocenters. The number of nitrogens with one attached hydrogen (secondary N) is 1. The second-order valence-electron chi connectivity index (χ2n) is 3.97. The van der Waals surface area contributed by atoms with Gasteiger partial charge in [-0.2, -0.15) is 0 Å². The van der Waals surface area contributed by atoms with E-state index in [0.29, 0.717) is 0 Å². The van der Waals surface area contributed by atoms with Gasteiger partial charge >= 0.3 is 6.09 Å². The Balaban J connectivity index is 1.95. The maximum absolute atomic E-state index is 10.5. The summed E-state index contributed by atoms with van der Waals surface area (Å²) in [6.45, 7) is 1.86. The van der Waals surface area contributed by atoms with E-state index in [9.17, 15) is 4.79 Å². The number of rotatable bonds is 2. The second kappa shape index (κ2) is 3.92. The molecule has 0 radical (unpaired) electrons. The van der Waals surface area contributed by atoms with Crippen molar-refractivity contribution in [1.29, 1.82) is 0 Å². The number of carbonyl (C=O) groups is 1. The Bertz CT molecular complexity index is 361. The van der Waals surface area contributed by atoms with Crippen molar-refractivity contribution in [2.75, 3.05) is 0 Å². The van der Waals surface area contributed by atoms with Crippen molar-refractivity contribution < 1.29 is 14.3 Å². The fourth-order valence-electron chi connectivity index (χ4n) is 2.07. The van der Waals surface area contributed by atoms with Crippen LogP contribution in [-0.2, 0) is 0 Å². The minimum atomic E-state index is -0.954. The zero-order chi connectivity index (χ0) is 10.8. The first-order valence-corrected chi connectivity index (χ1v) is 5.07. The Morgan fingerprint density at radius 1 is 1.67 bits per heavy atom. The lowest BCUT2D eigenvalue weighted by molar-refractivity contribution is 0.190. The van der Waals surface area contributed by atoms with Gasteiger partial charge in [-0.1, -0.05) is 0 Å².